The van der Waals surface area contributed by atoms with Crippen LogP contribution in [0.3, 0.4) is 0 Å². The third-order valence-electron chi connectivity index (χ3n) is 5.66. The molecule has 1 unspecified atom stereocenters. The molecule has 0 aromatic heterocycles. The second kappa shape index (κ2) is 9.28. The maximum atomic E-state index is 14.0. The average Bonchev–Trinajstić information content (AvgIpc) is 2.75. The number of hydrogen-bond acceptors (Lipinski definition) is 3. The van der Waals surface area contributed by atoms with Crippen LogP contribution in [0.2, 0.25) is 0 Å². The van der Waals surface area contributed by atoms with Crippen molar-refractivity contribution in [3.63, 3.8) is 0 Å². The minimum Gasteiger partial charge on any atom is -0.484 e. The second-order valence-electron chi connectivity index (χ2n) is 7.90. The first-order chi connectivity index (χ1) is 14.3. The molecule has 0 fully saturated rings. The van der Waals surface area contributed by atoms with E-state index < -0.39 is 0 Å². The number of hydrogen-bond donors (Lipinski definition) is 0. The number of benzene rings is 2. The van der Waals surface area contributed by atoms with Gasteiger partial charge >= 0.3 is 0 Å². The van der Waals surface area contributed by atoms with Crippen molar-refractivity contribution in [2.45, 2.75) is 45.7 Å². The number of halogens is 1. The largest absolute Gasteiger partial charge is 0.484 e. The summed E-state index contributed by atoms with van der Waals surface area (Å²) < 4.78 is 19.7. The molecular formula is C24H29FN2O3. The lowest BCUT2D eigenvalue weighted by Crippen LogP contribution is -2.40. The molecule has 2 aromatic carbocycles. The molecule has 1 aliphatic heterocycles. The van der Waals surface area contributed by atoms with E-state index in [0.29, 0.717) is 18.7 Å². The second-order valence-corrected chi connectivity index (χ2v) is 7.90. The highest BCUT2D eigenvalue weighted by Gasteiger charge is 2.32. The predicted octanol–water partition coefficient (Wildman–Crippen LogP) is 3.96. The van der Waals surface area contributed by atoms with E-state index in [9.17, 15) is 14.0 Å². The quantitative estimate of drug-likeness (QED) is 0.722. The highest BCUT2D eigenvalue weighted by molar-refractivity contribution is 5.78. The van der Waals surface area contributed by atoms with Gasteiger partial charge in [-0.05, 0) is 61.2 Å². The number of carbonyl (C=O) groups is 2. The maximum absolute atomic E-state index is 14.0. The topological polar surface area (TPSA) is 49.9 Å². The van der Waals surface area contributed by atoms with Gasteiger partial charge in [-0.3, -0.25) is 9.59 Å². The fourth-order valence-corrected chi connectivity index (χ4v) is 3.73. The lowest BCUT2D eigenvalue weighted by molar-refractivity contribution is -0.133. The summed E-state index contributed by atoms with van der Waals surface area (Å²) in [5.41, 5.74) is 2.74. The van der Waals surface area contributed by atoms with Gasteiger partial charge in [0.15, 0.2) is 6.61 Å². The number of carbonyl (C=O) groups excluding carboxylic acids is 2. The zero-order chi connectivity index (χ0) is 21.8. The van der Waals surface area contributed by atoms with Crippen LogP contribution in [0.25, 0.3) is 0 Å². The van der Waals surface area contributed by atoms with Gasteiger partial charge in [0.25, 0.3) is 5.91 Å². The Bertz CT molecular complexity index is 928. The summed E-state index contributed by atoms with van der Waals surface area (Å²) in [6.07, 6.45) is 1.11. The molecule has 5 nitrogen and oxygen atoms in total. The monoisotopic (exact) mass is 412 g/mol. The normalized spacial score (nSPS) is 15.7. The van der Waals surface area contributed by atoms with Crippen LogP contribution in [0.5, 0.6) is 5.75 Å². The molecule has 0 bridgehead atoms. The molecule has 0 N–H and O–H groups in total. The van der Waals surface area contributed by atoms with Crippen LogP contribution in [0.1, 0.15) is 49.9 Å². The van der Waals surface area contributed by atoms with Gasteiger partial charge in [-0.25, -0.2) is 4.39 Å². The summed E-state index contributed by atoms with van der Waals surface area (Å²) in [5.74, 6) is 0.145. The van der Waals surface area contributed by atoms with Crippen LogP contribution < -0.4 is 4.74 Å². The van der Waals surface area contributed by atoms with E-state index in [1.54, 1.807) is 22.9 Å². The van der Waals surface area contributed by atoms with Crippen molar-refractivity contribution in [2.24, 2.45) is 0 Å². The summed E-state index contributed by atoms with van der Waals surface area (Å²) in [4.78, 5) is 28.3. The number of ether oxygens (including phenoxy) is 1. The van der Waals surface area contributed by atoms with Crippen molar-refractivity contribution >= 4 is 11.8 Å². The van der Waals surface area contributed by atoms with Gasteiger partial charge in [-0.15, -0.1) is 0 Å². The minimum absolute atomic E-state index is 0.0231. The van der Waals surface area contributed by atoms with E-state index >= 15 is 0 Å². The fraction of sp³-hybridized carbons (Fsp3) is 0.417. The van der Waals surface area contributed by atoms with E-state index in [4.69, 9.17) is 4.74 Å². The Hall–Kier alpha value is -2.89. The molecule has 2 amide bonds. The molecule has 2 aromatic rings. The molecule has 0 aliphatic carbocycles. The molecule has 0 spiro atoms. The fourth-order valence-electron chi connectivity index (χ4n) is 3.73. The minimum atomic E-state index is -0.380. The molecule has 3 rings (SSSR count). The lowest BCUT2D eigenvalue weighted by atomic mass is 9.87. The molecule has 1 aliphatic rings. The van der Waals surface area contributed by atoms with Crippen LogP contribution in [0.4, 0.5) is 4.39 Å². The number of nitrogens with zero attached hydrogens (tertiary/aromatic N) is 2. The number of fused-ring (bicyclic) bond motifs is 1. The van der Waals surface area contributed by atoms with E-state index in [0.717, 1.165) is 23.1 Å². The smallest absolute Gasteiger partial charge is 0.260 e. The third kappa shape index (κ3) is 4.64. The van der Waals surface area contributed by atoms with Gasteiger partial charge in [0.2, 0.25) is 5.91 Å². The highest BCUT2D eigenvalue weighted by Crippen LogP contribution is 2.37. The van der Waals surface area contributed by atoms with E-state index in [1.807, 2.05) is 45.0 Å². The van der Waals surface area contributed by atoms with Gasteiger partial charge in [-0.1, -0.05) is 25.1 Å². The SMILES string of the molecule is CCC(=O)N1CCc2ccc(OCC(=O)N(C)C(C)C)cc2C1c1cccc(F)c1. The van der Waals surface area contributed by atoms with Crippen molar-refractivity contribution in [1.82, 2.24) is 9.80 Å². The van der Waals surface area contributed by atoms with Gasteiger partial charge in [0.05, 0.1) is 6.04 Å². The standard InChI is InChI=1S/C24H29FN2O3/c1-5-22(28)27-12-11-17-9-10-20(30-15-23(29)26(4)16(2)3)14-21(17)24(27)18-7-6-8-19(25)13-18/h6-10,13-14,16,24H,5,11-12,15H2,1-4H3. The number of amides is 2. The molecule has 1 atom stereocenters. The lowest BCUT2D eigenvalue weighted by Gasteiger charge is -2.38. The molecular weight excluding hydrogens is 383 g/mol. The molecule has 0 saturated carbocycles. The summed E-state index contributed by atoms with van der Waals surface area (Å²) in [5, 5.41) is 0. The first-order valence-corrected chi connectivity index (χ1v) is 10.4. The van der Waals surface area contributed by atoms with E-state index in [2.05, 4.69) is 0 Å². The number of rotatable bonds is 6. The van der Waals surface area contributed by atoms with Gasteiger partial charge in [0, 0.05) is 26.1 Å². The summed E-state index contributed by atoms with van der Waals surface area (Å²) in [6, 6.07) is 11.8. The predicted molar refractivity (Wildman–Crippen MR) is 114 cm³/mol. The zero-order valence-electron chi connectivity index (χ0n) is 18.0. The summed E-state index contributed by atoms with van der Waals surface area (Å²) in [6.45, 7) is 6.24. The van der Waals surface area contributed by atoms with Crippen LogP contribution >= 0.6 is 0 Å². The van der Waals surface area contributed by atoms with Crippen LogP contribution in [0, 0.1) is 5.82 Å². The Morgan fingerprint density at radius 3 is 2.67 bits per heavy atom. The molecule has 6 heteroatoms. The Morgan fingerprint density at radius 2 is 2.00 bits per heavy atom. The summed E-state index contributed by atoms with van der Waals surface area (Å²) in [7, 11) is 1.75. The summed E-state index contributed by atoms with van der Waals surface area (Å²) >= 11 is 0. The van der Waals surface area contributed by atoms with Crippen molar-refractivity contribution in [1.29, 1.82) is 0 Å². The van der Waals surface area contributed by atoms with Crippen molar-refractivity contribution < 1.29 is 18.7 Å². The van der Waals surface area contributed by atoms with Crippen molar-refractivity contribution in [3.8, 4) is 5.75 Å². The first kappa shape index (κ1) is 21.8. The van der Waals surface area contributed by atoms with Gasteiger partial charge in [0.1, 0.15) is 11.6 Å². The Morgan fingerprint density at radius 1 is 1.23 bits per heavy atom. The molecule has 160 valence electrons. The van der Waals surface area contributed by atoms with Crippen LogP contribution in [-0.4, -0.2) is 47.9 Å². The molecule has 0 radical (unpaired) electrons. The Labute approximate surface area is 177 Å². The maximum Gasteiger partial charge on any atom is 0.260 e. The van der Waals surface area contributed by atoms with Crippen molar-refractivity contribution in [3.05, 3.63) is 65.0 Å². The van der Waals surface area contributed by atoms with Crippen molar-refractivity contribution in [2.75, 3.05) is 20.2 Å². The van der Waals surface area contributed by atoms with Crippen LogP contribution in [-0.2, 0) is 16.0 Å². The van der Waals surface area contributed by atoms with E-state index in [-0.39, 0.29) is 36.3 Å². The average molecular weight is 413 g/mol. The molecule has 30 heavy (non-hydrogen) atoms. The highest BCUT2D eigenvalue weighted by atomic mass is 19.1. The third-order valence-corrected chi connectivity index (χ3v) is 5.66. The van der Waals surface area contributed by atoms with E-state index in [1.165, 1.54) is 12.1 Å². The van der Waals surface area contributed by atoms with Crippen LogP contribution in [0.15, 0.2) is 42.5 Å². The van der Waals surface area contributed by atoms with Gasteiger partial charge in [-0.2, -0.15) is 0 Å². The zero-order valence-corrected chi connectivity index (χ0v) is 18.0. The Kier molecular flexibility index (Phi) is 6.75. The number of likely N-dealkylation sites (N-methyl/N-ethyl adjacent to an activating group) is 1. The first-order valence-electron chi connectivity index (χ1n) is 10.4. The molecule has 0 saturated heterocycles. The molecule has 1 heterocycles. The Balaban J connectivity index is 1.93. The van der Waals surface area contributed by atoms with Gasteiger partial charge < -0.3 is 14.5 Å².